The minimum Gasteiger partial charge on any atom is -0.339 e. The van der Waals surface area contributed by atoms with Crippen molar-refractivity contribution in [2.24, 2.45) is 0 Å². The number of carbonyl (C=O) groups excluding carboxylic acids is 1. The largest absolute Gasteiger partial charge is 0.339 e. The summed E-state index contributed by atoms with van der Waals surface area (Å²) in [5, 5.41) is 0. The highest BCUT2D eigenvalue weighted by Crippen LogP contribution is 2.09. The molecule has 17 heavy (non-hydrogen) atoms. The van der Waals surface area contributed by atoms with Crippen LogP contribution in [0.1, 0.15) is 18.4 Å². The van der Waals surface area contributed by atoms with Crippen LogP contribution in [0.5, 0.6) is 0 Å². The van der Waals surface area contributed by atoms with E-state index < -0.39 is 0 Å². The van der Waals surface area contributed by atoms with Crippen LogP contribution < -0.4 is 5.46 Å². The van der Waals surface area contributed by atoms with Crippen LogP contribution in [0.3, 0.4) is 0 Å². The highest BCUT2D eigenvalue weighted by atomic mass is 19.1. The van der Waals surface area contributed by atoms with Crippen LogP contribution in [0.15, 0.2) is 24.3 Å². The van der Waals surface area contributed by atoms with Crippen LogP contribution >= 0.6 is 0 Å². The first-order chi connectivity index (χ1) is 8.16. The molecule has 1 aliphatic heterocycles. The maximum Gasteiger partial charge on any atom is 0.246 e. The molecule has 1 aliphatic rings. The Hall–Kier alpha value is -1.58. The lowest BCUT2D eigenvalue weighted by Crippen LogP contribution is -2.25. The average Bonchev–Trinajstić information content (AvgIpc) is 2.83. The molecule has 0 radical (unpaired) electrons. The number of hydrogen-bond acceptors (Lipinski definition) is 1. The standard InChI is InChI=1S/C13H15BFNO/c14-12-5-4-11(15)9-10(12)3-6-13(17)16-7-1-2-8-16/h3-6,9H,1-2,7-8,14H2/b6-3+. The Morgan fingerprint density at radius 3 is 2.76 bits per heavy atom. The number of amides is 1. The predicted molar refractivity (Wildman–Crippen MR) is 69.4 cm³/mol. The van der Waals surface area contributed by atoms with E-state index in [2.05, 4.69) is 0 Å². The normalized spacial score (nSPS) is 15.7. The van der Waals surface area contributed by atoms with E-state index in [0.717, 1.165) is 37.0 Å². The number of rotatable bonds is 2. The smallest absolute Gasteiger partial charge is 0.246 e. The van der Waals surface area contributed by atoms with Crippen molar-refractivity contribution in [1.29, 1.82) is 0 Å². The molecule has 0 atom stereocenters. The molecule has 1 heterocycles. The molecular weight excluding hydrogens is 216 g/mol. The lowest BCUT2D eigenvalue weighted by atomic mass is 9.90. The molecule has 1 aromatic carbocycles. The molecule has 2 rings (SSSR count). The van der Waals surface area contributed by atoms with Crippen molar-refractivity contribution in [2.75, 3.05) is 13.1 Å². The summed E-state index contributed by atoms with van der Waals surface area (Å²) in [4.78, 5) is 13.6. The molecule has 0 aliphatic carbocycles. The van der Waals surface area contributed by atoms with Gasteiger partial charge in [0.05, 0.1) is 0 Å². The summed E-state index contributed by atoms with van der Waals surface area (Å²) in [6, 6.07) is 4.59. The highest BCUT2D eigenvalue weighted by molar-refractivity contribution is 6.34. The molecule has 88 valence electrons. The van der Waals surface area contributed by atoms with Crippen LogP contribution in [0.4, 0.5) is 4.39 Å². The summed E-state index contributed by atoms with van der Waals surface area (Å²) in [5.74, 6) is -0.255. The number of likely N-dealkylation sites (tertiary alicyclic amines) is 1. The van der Waals surface area contributed by atoms with Crippen molar-refractivity contribution in [3.8, 4) is 0 Å². The van der Waals surface area contributed by atoms with Gasteiger partial charge in [-0.2, -0.15) is 0 Å². The van der Waals surface area contributed by atoms with Gasteiger partial charge >= 0.3 is 0 Å². The zero-order valence-corrected chi connectivity index (χ0v) is 9.95. The monoisotopic (exact) mass is 231 g/mol. The maximum absolute atomic E-state index is 13.0. The summed E-state index contributed by atoms with van der Waals surface area (Å²) >= 11 is 0. The lowest BCUT2D eigenvalue weighted by molar-refractivity contribution is -0.124. The van der Waals surface area contributed by atoms with Crippen molar-refractivity contribution in [3.05, 3.63) is 35.7 Å². The van der Waals surface area contributed by atoms with Crippen molar-refractivity contribution in [2.45, 2.75) is 12.8 Å². The molecule has 1 fully saturated rings. The number of benzene rings is 1. The van der Waals surface area contributed by atoms with Gasteiger partial charge in [0, 0.05) is 19.2 Å². The van der Waals surface area contributed by atoms with E-state index in [-0.39, 0.29) is 11.7 Å². The molecule has 0 aromatic heterocycles. The van der Waals surface area contributed by atoms with Gasteiger partial charge in [-0.1, -0.05) is 11.5 Å². The fourth-order valence-corrected chi connectivity index (χ4v) is 1.99. The zero-order valence-electron chi connectivity index (χ0n) is 9.95. The van der Waals surface area contributed by atoms with Crippen molar-refractivity contribution in [1.82, 2.24) is 4.90 Å². The van der Waals surface area contributed by atoms with E-state index in [4.69, 9.17) is 0 Å². The van der Waals surface area contributed by atoms with Crippen LogP contribution in [-0.4, -0.2) is 31.7 Å². The van der Waals surface area contributed by atoms with Crippen LogP contribution in [0, 0.1) is 5.82 Å². The van der Waals surface area contributed by atoms with Crippen molar-refractivity contribution < 1.29 is 9.18 Å². The number of halogens is 1. The number of nitrogens with zero attached hydrogens (tertiary/aromatic N) is 1. The minimum atomic E-state index is -0.274. The molecule has 0 saturated carbocycles. The molecule has 1 aromatic rings. The predicted octanol–water partition coefficient (Wildman–Crippen LogP) is 0.720. The third-order valence-corrected chi connectivity index (χ3v) is 3.06. The Labute approximate surface area is 102 Å². The molecule has 2 nitrogen and oxygen atoms in total. The Balaban J connectivity index is 2.08. The molecule has 1 saturated heterocycles. The summed E-state index contributed by atoms with van der Waals surface area (Å²) in [6.45, 7) is 1.68. The Morgan fingerprint density at radius 2 is 2.06 bits per heavy atom. The second-order valence-electron chi connectivity index (χ2n) is 4.37. The zero-order chi connectivity index (χ0) is 12.3. The molecule has 0 unspecified atom stereocenters. The first kappa shape index (κ1) is 11.9. The minimum absolute atomic E-state index is 0.0196. The molecule has 0 N–H and O–H groups in total. The van der Waals surface area contributed by atoms with Crippen LogP contribution in [0.25, 0.3) is 6.08 Å². The second-order valence-corrected chi connectivity index (χ2v) is 4.37. The molecule has 1 amide bonds. The van der Waals surface area contributed by atoms with Gasteiger partial charge in [-0.15, -0.1) is 0 Å². The first-order valence-electron chi connectivity index (χ1n) is 5.90. The molecular formula is C13H15BFNO. The van der Waals surface area contributed by atoms with Gasteiger partial charge in [-0.25, -0.2) is 4.39 Å². The fraction of sp³-hybridized carbons (Fsp3) is 0.308. The summed E-state index contributed by atoms with van der Waals surface area (Å²) in [7, 11) is 1.90. The molecule has 0 bridgehead atoms. The summed E-state index contributed by atoms with van der Waals surface area (Å²) in [6.07, 6.45) is 5.39. The van der Waals surface area contributed by atoms with Crippen LogP contribution in [0.2, 0.25) is 0 Å². The Bertz CT molecular complexity index is 453. The fourth-order valence-electron chi connectivity index (χ4n) is 1.99. The second kappa shape index (κ2) is 5.17. The number of hydrogen-bond donors (Lipinski definition) is 0. The number of carbonyl (C=O) groups is 1. The van der Waals surface area contributed by atoms with Crippen molar-refractivity contribution in [3.63, 3.8) is 0 Å². The molecule has 0 spiro atoms. The summed E-state index contributed by atoms with van der Waals surface area (Å²) in [5.41, 5.74) is 1.73. The van der Waals surface area contributed by atoms with Gasteiger partial charge in [0.25, 0.3) is 0 Å². The quantitative estimate of drug-likeness (QED) is 0.542. The Kier molecular flexibility index (Phi) is 3.62. The van der Waals surface area contributed by atoms with E-state index in [1.54, 1.807) is 12.1 Å². The van der Waals surface area contributed by atoms with Gasteiger partial charge in [-0.05, 0) is 36.6 Å². The van der Waals surface area contributed by atoms with Gasteiger partial charge < -0.3 is 4.90 Å². The van der Waals surface area contributed by atoms with E-state index in [1.165, 1.54) is 18.2 Å². The average molecular weight is 231 g/mol. The highest BCUT2D eigenvalue weighted by Gasteiger charge is 2.14. The van der Waals surface area contributed by atoms with E-state index >= 15 is 0 Å². The van der Waals surface area contributed by atoms with Gasteiger partial charge in [-0.3, -0.25) is 4.79 Å². The Morgan fingerprint density at radius 1 is 1.35 bits per heavy atom. The third kappa shape index (κ3) is 2.96. The van der Waals surface area contributed by atoms with Crippen molar-refractivity contribution >= 4 is 25.3 Å². The lowest BCUT2D eigenvalue weighted by Gasteiger charge is -2.11. The first-order valence-corrected chi connectivity index (χ1v) is 5.90. The SMILES string of the molecule is Bc1ccc(F)cc1/C=C/C(=O)N1CCCC1. The van der Waals surface area contributed by atoms with E-state index in [0.29, 0.717) is 0 Å². The van der Waals surface area contributed by atoms with Crippen LogP contribution in [-0.2, 0) is 4.79 Å². The van der Waals surface area contributed by atoms with E-state index in [9.17, 15) is 9.18 Å². The third-order valence-electron chi connectivity index (χ3n) is 3.06. The molecule has 4 heteroatoms. The van der Waals surface area contributed by atoms with Gasteiger partial charge in [0.15, 0.2) is 0 Å². The maximum atomic E-state index is 13.0. The van der Waals surface area contributed by atoms with E-state index in [1.807, 2.05) is 12.7 Å². The van der Waals surface area contributed by atoms with Gasteiger partial charge in [0.2, 0.25) is 5.91 Å². The van der Waals surface area contributed by atoms with Gasteiger partial charge in [0.1, 0.15) is 13.7 Å². The summed E-state index contributed by atoms with van der Waals surface area (Å²) < 4.78 is 13.0. The topological polar surface area (TPSA) is 20.3 Å².